The van der Waals surface area contributed by atoms with Gasteiger partial charge in [-0.15, -0.1) is 0 Å². The normalized spacial score (nSPS) is 28.4. The van der Waals surface area contributed by atoms with Crippen molar-refractivity contribution in [1.29, 1.82) is 0 Å². The number of pyridine rings is 1. The predicted molar refractivity (Wildman–Crippen MR) is 116 cm³/mol. The van der Waals surface area contributed by atoms with Crippen molar-refractivity contribution < 1.29 is 19.5 Å². The number of aromatic carboxylic acids is 1. The second kappa shape index (κ2) is 7.56. The molecule has 9 nitrogen and oxygen atoms in total. The molecule has 3 aliphatic rings. The molecule has 2 saturated carbocycles. The Balaban J connectivity index is 1.32. The molecule has 3 heterocycles. The van der Waals surface area contributed by atoms with Crippen molar-refractivity contribution in [3.05, 3.63) is 24.2 Å². The highest BCUT2D eigenvalue weighted by atomic mass is 16.4. The SMILES string of the molecule is CC1(C)CCC[C@H](NC(=O)[C@@H]2[C@@H]3C[C@@H]3CN2C(=O)Cn2nc(C(=O)O)c3ccncc32)C1. The zero-order valence-corrected chi connectivity index (χ0v) is 18.5. The van der Waals surface area contributed by atoms with Gasteiger partial charge in [0.15, 0.2) is 5.69 Å². The molecule has 2 aliphatic carbocycles. The van der Waals surface area contributed by atoms with Gasteiger partial charge in [-0.05, 0) is 49.0 Å². The molecule has 5 rings (SSSR count). The first-order valence-electron chi connectivity index (χ1n) is 11.4. The first-order valence-corrected chi connectivity index (χ1v) is 11.4. The molecule has 1 aliphatic heterocycles. The van der Waals surface area contributed by atoms with E-state index < -0.39 is 12.0 Å². The number of carboxylic acids is 1. The molecule has 2 aromatic heterocycles. The first kappa shape index (κ1) is 20.9. The maximum Gasteiger partial charge on any atom is 0.357 e. The Morgan fingerprint density at radius 1 is 1.31 bits per heavy atom. The fraction of sp³-hybridized carbons (Fsp3) is 0.609. The third-order valence-corrected chi connectivity index (χ3v) is 7.33. The Labute approximate surface area is 186 Å². The topological polar surface area (TPSA) is 117 Å². The van der Waals surface area contributed by atoms with E-state index in [0.717, 1.165) is 25.7 Å². The third kappa shape index (κ3) is 3.73. The highest BCUT2D eigenvalue weighted by Gasteiger charge is 2.57. The molecule has 170 valence electrons. The number of amides is 2. The van der Waals surface area contributed by atoms with E-state index in [0.29, 0.717) is 23.4 Å². The first-order chi connectivity index (χ1) is 15.2. The average Bonchev–Trinajstić information content (AvgIpc) is 3.23. The monoisotopic (exact) mass is 439 g/mol. The maximum atomic E-state index is 13.2. The summed E-state index contributed by atoms with van der Waals surface area (Å²) in [5.74, 6) is -0.817. The zero-order valence-electron chi connectivity index (χ0n) is 18.5. The minimum absolute atomic E-state index is 0.0516. The number of carboxylic acid groups (broad SMARTS) is 1. The van der Waals surface area contributed by atoms with Gasteiger partial charge in [-0.3, -0.25) is 19.3 Å². The van der Waals surface area contributed by atoms with Crippen LogP contribution in [0.2, 0.25) is 0 Å². The van der Waals surface area contributed by atoms with Crippen LogP contribution in [0.4, 0.5) is 0 Å². The Bertz CT molecular complexity index is 1090. The summed E-state index contributed by atoms with van der Waals surface area (Å²) in [6.45, 7) is 4.93. The van der Waals surface area contributed by atoms with Crippen molar-refractivity contribution >= 4 is 28.7 Å². The van der Waals surface area contributed by atoms with Gasteiger partial charge in [0.05, 0.1) is 11.7 Å². The highest BCUT2D eigenvalue weighted by Crippen LogP contribution is 2.50. The number of piperidine rings is 1. The van der Waals surface area contributed by atoms with Crippen molar-refractivity contribution in [2.45, 2.75) is 64.6 Å². The number of fused-ring (bicyclic) bond motifs is 2. The number of carbonyl (C=O) groups is 3. The molecular weight excluding hydrogens is 410 g/mol. The summed E-state index contributed by atoms with van der Waals surface area (Å²) in [7, 11) is 0. The second-order valence-corrected chi connectivity index (χ2v) is 10.3. The number of rotatable bonds is 5. The molecular formula is C23H29N5O4. The van der Waals surface area contributed by atoms with Crippen LogP contribution >= 0.6 is 0 Å². The molecule has 0 radical (unpaired) electrons. The van der Waals surface area contributed by atoms with Crippen LogP contribution in [-0.2, 0) is 16.1 Å². The summed E-state index contributed by atoms with van der Waals surface area (Å²) >= 11 is 0. The zero-order chi connectivity index (χ0) is 22.6. The van der Waals surface area contributed by atoms with E-state index in [9.17, 15) is 19.5 Å². The number of carbonyl (C=O) groups excluding carboxylic acids is 2. The lowest BCUT2D eigenvalue weighted by Crippen LogP contribution is -2.52. The van der Waals surface area contributed by atoms with Crippen molar-refractivity contribution in [2.75, 3.05) is 6.54 Å². The molecule has 3 fully saturated rings. The fourth-order valence-corrected chi connectivity index (χ4v) is 5.68. The maximum absolute atomic E-state index is 13.2. The van der Waals surface area contributed by atoms with Crippen LogP contribution in [0.1, 0.15) is 56.4 Å². The van der Waals surface area contributed by atoms with E-state index >= 15 is 0 Å². The molecule has 2 N–H and O–H groups in total. The van der Waals surface area contributed by atoms with Gasteiger partial charge in [0.1, 0.15) is 12.6 Å². The van der Waals surface area contributed by atoms with Crippen LogP contribution in [0.15, 0.2) is 18.5 Å². The number of likely N-dealkylation sites (tertiary alicyclic amines) is 1. The molecule has 4 atom stereocenters. The number of hydrogen-bond donors (Lipinski definition) is 2. The number of aromatic nitrogens is 3. The van der Waals surface area contributed by atoms with Gasteiger partial charge in [0.2, 0.25) is 11.8 Å². The van der Waals surface area contributed by atoms with Gasteiger partial charge in [0, 0.05) is 24.2 Å². The largest absolute Gasteiger partial charge is 0.476 e. The molecule has 0 aromatic carbocycles. The van der Waals surface area contributed by atoms with Gasteiger partial charge < -0.3 is 15.3 Å². The Morgan fingerprint density at radius 3 is 2.88 bits per heavy atom. The quantitative estimate of drug-likeness (QED) is 0.736. The molecule has 2 amide bonds. The molecule has 0 bridgehead atoms. The molecule has 2 aromatic rings. The van der Waals surface area contributed by atoms with Crippen LogP contribution in [0.3, 0.4) is 0 Å². The third-order valence-electron chi connectivity index (χ3n) is 7.33. The van der Waals surface area contributed by atoms with E-state index in [1.165, 1.54) is 23.5 Å². The molecule has 32 heavy (non-hydrogen) atoms. The highest BCUT2D eigenvalue weighted by molar-refractivity contribution is 6.01. The Kier molecular flexibility index (Phi) is 4.94. The summed E-state index contributed by atoms with van der Waals surface area (Å²) in [5, 5.41) is 17.3. The minimum Gasteiger partial charge on any atom is -0.476 e. The van der Waals surface area contributed by atoms with Crippen LogP contribution in [0.25, 0.3) is 10.9 Å². The minimum atomic E-state index is -1.15. The lowest BCUT2D eigenvalue weighted by Gasteiger charge is -2.37. The van der Waals surface area contributed by atoms with Gasteiger partial charge in [-0.25, -0.2) is 4.79 Å². The number of hydrogen-bond acceptors (Lipinski definition) is 5. The van der Waals surface area contributed by atoms with Crippen molar-refractivity contribution in [1.82, 2.24) is 25.0 Å². The van der Waals surface area contributed by atoms with Crippen molar-refractivity contribution in [3.63, 3.8) is 0 Å². The van der Waals surface area contributed by atoms with Crippen molar-refractivity contribution in [2.24, 2.45) is 17.3 Å². The molecule has 9 heteroatoms. The predicted octanol–water partition coefficient (Wildman–Crippen LogP) is 2.06. The Hall–Kier alpha value is -2.97. The summed E-state index contributed by atoms with van der Waals surface area (Å²) in [6, 6.07) is 1.29. The fourth-order valence-electron chi connectivity index (χ4n) is 5.68. The van der Waals surface area contributed by atoms with Gasteiger partial charge in [-0.2, -0.15) is 5.10 Å². The average molecular weight is 440 g/mol. The van der Waals surface area contributed by atoms with E-state index in [1.54, 1.807) is 11.0 Å². The van der Waals surface area contributed by atoms with E-state index in [4.69, 9.17) is 0 Å². The van der Waals surface area contributed by atoms with E-state index in [-0.39, 0.29) is 41.4 Å². The lowest BCUT2D eigenvalue weighted by molar-refractivity contribution is -0.140. The molecule has 1 saturated heterocycles. The standard InChI is InChI=1S/C23H29N5O4/c1-23(2)6-3-4-14(9-23)25-21(30)20-16-8-13(16)11-27(20)18(29)12-28-17-10-24-7-5-15(17)19(26-28)22(31)32/h5,7,10,13-14,16,20H,3-4,6,8-9,11-12H2,1-2H3,(H,25,30)(H,31,32)/t13-,14+,16-,20+/m1/s1. The van der Waals surface area contributed by atoms with Crippen LogP contribution < -0.4 is 5.32 Å². The molecule has 0 spiro atoms. The van der Waals surface area contributed by atoms with Crippen LogP contribution in [0.5, 0.6) is 0 Å². The molecule has 0 unspecified atom stereocenters. The van der Waals surface area contributed by atoms with Crippen molar-refractivity contribution in [3.8, 4) is 0 Å². The van der Waals surface area contributed by atoms with Gasteiger partial charge in [-0.1, -0.05) is 20.3 Å². The smallest absolute Gasteiger partial charge is 0.357 e. The van der Waals surface area contributed by atoms with E-state index in [2.05, 4.69) is 29.2 Å². The van der Waals surface area contributed by atoms with Gasteiger partial charge >= 0.3 is 5.97 Å². The summed E-state index contributed by atoms with van der Waals surface area (Å²) in [6.07, 6.45) is 8.20. The summed E-state index contributed by atoms with van der Waals surface area (Å²) in [5.41, 5.74) is 0.613. The number of nitrogens with one attached hydrogen (secondary N) is 1. The van der Waals surface area contributed by atoms with Crippen LogP contribution in [0, 0.1) is 17.3 Å². The Morgan fingerprint density at radius 2 is 2.12 bits per heavy atom. The number of nitrogens with zero attached hydrogens (tertiary/aromatic N) is 4. The lowest BCUT2D eigenvalue weighted by atomic mass is 9.75. The summed E-state index contributed by atoms with van der Waals surface area (Å²) in [4.78, 5) is 43.7. The second-order valence-electron chi connectivity index (χ2n) is 10.3. The van der Waals surface area contributed by atoms with Crippen LogP contribution in [-0.4, -0.2) is 61.2 Å². The summed E-state index contributed by atoms with van der Waals surface area (Å²) < 4.78 is 1.39. The van der Waals surface area contributed by atoms with Gasteiger partial charge in [0.25, 0.3) is 0 Å². The van der Waals surface area contributed by atoms with E-state index in [1.807, 2.05) is 0 Å².